The Bertz CT molecular complexity index is 1540. The molecule has 3 N–H and O–H groups in total. The minimum absolute atomic E-state index is 0.00364. The molecule has 2 aromatic carbocycles. The molecule has 0 spiro atoms. The molecule has 0 saturated carbocycles. The number of aromatic nitrogens is 3. The summed E-state index contributed by atoms with van der Waals surface area (Å²) >= 11 is 6.19. The quantitative estimate of drug-likeness (QED) is 0.305. The van der Waals surface area contributed by atoms with Crippen molar-refractivity contribution in [1.29, 1.82) is 0 Å². The number of amides is 2. The maximum absolute atomic E-state index is 14.7. The molecule has 1 aliphatic rings. The van der Waals surface area contributed by atoms with Gasteiger partial charge in [0.25, 0.3) is 11.8 Å². The van der Waals surface area contributed by atoms with Gasteiger partial charge in [0.05, 0.1) is 41.5 Å². The van der Waals surface area contributed by atoms with Gasteiger partial charge < -0.3 is 20.5 Å². The number of rotatable bonds is 8. The Labute approximate surface area is 226 Å². The van der Waals surface area contributed by atoms with Gasteiger partial charge in [-0.15, -0.1) is 0 Å². The predicted molar refractivity (Wildman–Crippen MR) is 139 cm³/mol. The zero-order valence-corrected chi connectivity index (χ0v) is 21.1. The summed E-state index contributed by atoms with van der Waals surface area (Å²) in [7, 11) is 0. The number of para-hydroxylation sites is 1. The highest BCUT2D eigenvalue weighted by atomic mass is 35.5. The van der Waals surface area contributed by atoms with E-state index in [0.717, 1.165) is 18.2 Å². The number of halogens is 3. The van der Waals surface area contributed by atoms with Crippen molar-refractivity contribution in [2.45, 2.75) is 0 Å². The molecule has 0 bridgehead atoms. The van der Waals surface area contributed by atoms with E-state index < -0.39 is 28.9 Å². The monoisotopic (exact) mass is 553 g/mol. The summed E-state index contributed by atoms with van der Waals surface area (Å²) in [6.07, 6.45) is 1.30. The van der Waals surface area contributed by atoms with Gasteiger partial charge >= 0.3 is 0 Å². The van der Waals surface area contributed by atoms with Gasteiger partial charge in [-0.1, -0.05) is 29.8 Å². The van der Waals surface area contributed by atoms with Gasteiger partial charge in [0.2, 0.25) is 0 Å². The van der Waals surface area contributed by atoms with Crippen LogP contribution in [0.5, 0.6) is 0 Å². The molecule has 0 radical (unpaired) electrons. The Morgan fingerprint density at radius 3 is 2.49 bits per heavy atom. The van der Waals surface area contributed by atoms with E-state index in [1.807, 2.05) is 0 Å². The van der Waals surface area contributed by atoms with Crippen molar-refractivity contribution in [1.82, 2.24) is 20.1 Å². The molecule has 1 saturated heterocycles. The Morgan fingerprint density at radius 1 is 1.05 bits per heavy atom. The number of nitrogens with one attached hydrogen (secondary N) is 2. The molecule has 2 aromatic heterocycles. The van der Waals surface area contributed by atoms with Gasteiger partial charge in [-0.25, -0.2) is 13.5 Å². The third kappa shape index (κ3) is 5.37. The average Bonchev–Trinajstić information content (AvgIpc) is 3.33. The van der Waals surface area contributed by atoms with Crippen molar-refractivity contribution in [3.8, 4) is 16.9 Å². The zero-order chi connectivity index (χ0) is 27.6. The van der Waals surface area contributed by atoms with E-state index in [2.05, 4.69) is 20.7 Å². The highest BCUT2D eigenvalue weighted by Gasteiger charge is 2.38. The van der Waals surface area contributed by atoms with Crippen molar-refractivity contribution in [3.63, 3.8) is 0 Å². The summed E-state index contributed by atoms with van der Waals surface area (Å²) in [6.45, 7) is 0.689. The number of nitrogens with zero attached hydrogens (tertiary/aromatic N) is 3. The van der Waals surface area contributed by atoms with Crippen molar-refractivity contribution in [2.24, 2.45) is 5.41 Å². The first-order valence-corrected chi connectivity index (χ1v) is 12.2. The first kappa shape index (κ1) is 26.4. The predicted octanol–water partition coefficient (Wildman–Crippen LogP) is 3.86. The normalized spacial score (nSPS) is 13.9. The molecule has 39 heavy (non-hydrogen) atoms. The second-order valence-electron chi connectivity index (χ2n) is 9.10. The largest absolute Gasteiger partial charge is 0.396 e. The minimum atomic E-state index is -0.847. The molecule has 1 fully saturated rings. The van der Waals surface area contributed by atoms with Gasteiger partial charge in [-0.2, -0.15) is 5.10 Å². The molecule has 5 rings (SSSR count). The van der Waals surface area contributed by atoms with E-state index >= 15 is 0 Å². The Morgan fingerprint density at radius 2 is 1.82 bits per heavy atom. The topological polar surface area (TPSA) is 118 Å². The van der Waals surface area contributed by atoms with Crippen LogP contribution in [0.3, 0.4) is 0 Å². The van der Waals surface area contributed by atoms with Crippen LogP contribution in [0.15, 0.2) is 66.9 Å². The number of carbonyl (C=O) groups is 2. The van der Waals surface area contributed by atoms with Gasteiger partial charge in [0.1, 0.15) is 23.1 Å². The first-order chi connectivity index (χ1) is 18.8. The number of aliphatic hydroxyl groups excluding tert-OH is 1. The maximum Gasteiger partial charge on any atom is 0.271 e. The van der Waals surface area contributed by atoms with E-state index in [-0.39, 0.29) is 46.5 Å². The van der Waals surface area contributed by atoms with Crippen LogP contribution in [0.25, 0.3) is 16.9 Å². The van der Waals surface area contributed by atoms with Crippen molar-refractivity contribution < 1.29 is 28.2 Å². The molecule has 0 unspecified atom stereocenters. The fraction of sp³-hybridized carbons (Fsp3) is 0.185. The van der Waals surface area contributed by atoms with E-state index in [1.165, 1.54) is 23.0 Å². The number of aliphatic hydroxyl groups is 1. The fourth-order valence-electron chi connectivity index (χ4n) is 4.02. The second kappa shape index (κ2) is 10.9. The highest BCUT2D eigenvalue weighted by Crippen LogP contribution is 2.30. The molecule has 0 atom stereocenters. The number of ether oxygens (including phenoxy) is 1. The summed E-state index contributed by atoms with van der Waals surface area (Å²) in [5, 5.41) is 19.2. The summed E-state index contributed by atoms with van der Waals surface area (Å²) < 4.78 is 35.5. The van der Waals surface area contributed by atoms with E-state index in [4.69, 9.17) is 16.3 Å². The van der Waals surface area contributed by atoms with Crippen LogP contribution in [0.1, 0.15) is 20.8 Å². The summed E-state index contributed by atoms with van der Waals surface area (Å²) in [6, 6.07) is 14.7. The van der Waals surface area contributed by atoms with Crippen LogP contribution in [0, 0.1) is 17.0 Å². The number of carbonyl (C=O) groups excluding carboxylic acids is 2. The molecule has 3 heterocycles. The van der Waals surface area contributed by atoms with E-state index in [0.29, 0.717) is 18.9 Å². The van der Waals surface area contributed by atoms with Gasteiger partial charge in [0, 0.05) is 24.4 Å². The lowest BCUT2D eigenvalue weighted by atomic mass is 9.87. The molecule has 1 aliphatic heterocycles. The van der Waals surface area contributed by atoms with Gasteiger partial charge in [-0.3, -0.25) is 14.6 Å². The molecule has 9 nitrogen and oxygen atoms in total. The lowest BCUT2D eigenvalue weighted by molar-refractivity contribution is -0.133. The molecular formula is C27H22ClF2N5O4. The van der Waals surface area contributed by atoms with Crippen LogP contribution < -0.4 is 10.6 Å². The number of hydrogen-bond donors (Lipinski definition) is 3. The SMILES string of the molecule is O=C(NCC1(CO)COC1)c1cc(NC(=O)c2cc(-c3ncccc3F)c(F)cc2Cl)n(-c2ccccc2)n1. The second-order valence-corrected chi connectivity index (χ2v) is 9.50. The fourth-order valence-corrected chi connectivity index (χ4v) is 4.25. The minimum Gasteiger partial charge on any atom is -0.396 e. The van der Waals surface area contributed by atoms with Crippen LogP contribution in [-0.2, 0) is 4.74 Å². The Balaban J connectivity index is 1.45. The number of benzene rings is 2. The first-order valence-electron chi connectivity index (χ1n) is 11.8. The number of anilines is 1. The molecule has 4 aromatic rings. The Hall–Kier alpha value is -4.19. The Kier molecular flexibility index (Phi) is 7.38. The summed E-state index contributed by atoms with van der Waals surface area (Å²) in [4.78, 5) is 30.1. The third-order valence-electron chi connectivity index (χ3n) is 6.28. The van der Waals surface area contributed by atoms with Crippen LogP contribution in [0.4, 0.5) is 14.6 Å². The number of hydrogen-bond acceptors (Lipinski definition) is 6. The lowest BCUT2D eigenvalue weighted by Crippen LogP contribution is -2.53. The van der Waals surface area contributed by atoms with Crippen LogP contribution in [-0.4, -0.2) is 58.1 Å². The highest BCUT2D eigenvalue weighted by molar-refractivity contribution is 6.34. The van der Waals surface area contributed by atoms with Crippen molar-refractivity contribution in [3.05, 3.63) is 94.8 Å². The smallest absolute Gasteiger partial charge is 0.271 e. The molecular weight excluding hydrogens is 532 g/mol. The summed E-state index contributed by atoms with van der Waals surface area (Å²) in [5.41, 5.74) is -0.640. The van der Waals surface area contributed by atoms with Crippen LogP contribution in [0.2, 0.25) is 5.02 Å². The van der Waals surface area contributed by atoms with Crippen LogP contribution >= 0.6 is 11.6 Å². The molecule has 12 heteroatoms. The standard InChI is InChI=1S/C27H22ClF2N5O4/c28-19-10-21(30)18(24-20(29)7-4-8-31-24)9-17(19)25(37)33-23-11-22(34-35(23)16-5-2-1-3-6-16)26(38)32-12-27(13-36)14-39-15-27/h1-11,36H,12-15H2,(H,32,38)(H,33,37). The van der Waals surface area contributed by atoms with E-state index in [1.54, 1.807) is 30.3 Å². The lowest BCUT2D eigenvalue weighted by Gasteiger charge is -2.39. The van der Waals surface area contributed by atoms with Crippen molar-refractivity contribution in [2.75, 3.05) is 31.7 Å². The van der Waals surface area contributed by atoms with Crippen molar-refractivity contribution >= 4 is 29.2 Å². The number of pyridine rings is 1. The average molecular weight is 554 g/mol. The van der Waals surface area contributed by atoms with E-state index in [9.17, 15) is 23.5 Å². The van der Waals surface area contributed by atoms with Gasteiger partial charge in [-0.05, 0) is 36.4 Å². The molecule has 0 aliphatic carbocycles. The maximum atomic E-state index is 14.7. The van der Waals surface area contributed by atoms with Gasteiger partial charge in [0.15, 0.2) is 5.69 Å². The third-order valence-corrected chi connectivity index (χ3v) is 6.59. The summed E-state index contributed by atoms with van der Waals surface area (Å²) in [5.74, 6) is -2.74. The molecule has 2 amide bonds. The zero-order valence-electron chi connectivity index (χ0n) is 20.3. The molecule has 200 valence electrons.